The molecule has 9 heteroatoms. The van der Waals surface area contributed by atoms with Gasteiger partial charge in [0.05, 0.1) is 17.4 Å². The molecule has 2 fully saturated rings. The van der Waals surface area contributed by atoms with E-state index in [1.807, 2.05) is 27.3 Å². The van der Waals surface area contributed by atoms with E-state index in [1.54, 1.807) is 13.0 Å². The number of halogens is 1. The highest BCUT2D eigenvalue weighted by Crippen LogP contribution is 2.33. The lowest BCUT2D eigenvalue weighted by Crippen LogP contribution is -2.40. The molecule has 0 radical (unpaired) electrons. The van der Waals surface area contributed by atoms with Crippen LogP contribution in [0, 0.1) is 24.6 Å². The van der Waals surface area contributed by atoms with Gasteiger partial charge in [-0.05, 0) is 103 Å². The Morgan fingerprint density at radius 3 is 2.67 bits per heavy atom. The van der Waals surface area contributed by atoms with Crippen LogP contribution >= 0.6 is 0 Å². The zero-order valence-electron chi connectivity index (χ0n) is 23.6. The van der Waals surface area contributed by atoms with Crippen molar-refractivity contribution in [2.24, 2.45) is 11.8 Å². The highest BCUT2D eigenvalue weighted by Gasteiger charge is 2.28. The Kier molecular flexibility index (Phi) is 7.95. The molecule has 2 saturated heterocycles. The Bertz CT molecular complexity index is 1500. The predicted octanol–water partition coefficient (Wildman–Crippen LogP) is 4.66. The van der Waals surface area contributed by atoms with E-state index >= 15 is 0 Å². The molecule has 0 spiro atoms. The van der Waals surface area contributed by atoms with Crippen LogP contribution in [0.4, 0.5) is 4.39 Å². The lowest BCUT2D eigenvalue weighted by Gasteiger charge is -2.33. The Morgan fingerprint density at radius 1 is 1.12 bits per heavy atom. The van der Waals surface area contributed by atoms with Gasteiger partial charge in [0.2, 0.25) is 5.91 Å². The maximum Gasteiger partial charge on any atom is 0.219 e. The van der Waals surface area contributed by atoms with Crippen LogP contribution in [0.5, 0.6) is 0 Å². The minimum absolute atomic E-state index is 0.197. The summed E-state index contributed by atoms with van der Waals surface area (Å²) in [6, 6.07) is 4.96. The second-order valence-corrected chi connectivity index (χ2v) is 13.5. The van der Waals surface area contributed by atoms with Crippen molar-refractivity contribution in [2.75, 3.05) is 45.0 Å². The van der Waals surface area contributed by atoms with E-state index in [9.17, 15) is 13.4 Å². The van der Waals surface area contributed by atoms with Gasteiger partial charge in [0.1, 0.15) is 12.4 Å². The molecule has 3 aromatic rings. The molecular weight excluding hydrogens is 525 g/mol. The highest BCUT2D eigenvalue weighted by atomic mass is 32.2. The number of carbonyl (C=O) groups excluding carboxylic acids is 1. The first kappa shape index (κ1) is 27.4. The fraction of sp³-hybridized carbons (Fsp3) is 0.548. The maximum absolute atomic E-state index is 14.4. The SMILES string of the molecule is CC(=O)N1CCC(CN2CC[C@H](Cc3cn(-c4ccc(F)cc4C[N+]4=[S-](=O)CCC4)c4cncc(C)c34)C2)CC1. The minimum atomic E-state index is -1.00. The van der Waals surface area contributed by atoms with Gasteiger partial charge in [-0.15, -0.1) is 0 Å². The number of nitrogens with zero attached hydrogens (tertiary/aromatic N) is 5. The number of rotatable bonds is 7. The van der Waals surface area contributed by atoms with E-state index in [0.717, 1.165) is 87.3 Å². The largest absolute Gasteiger partial charge is 0.400 e. The summed E-state index contributed by atoms with van der Waals surface area (Å²) in [5.41, 5.74) is 5.29. The molecule has 0 saturated carbocycles. The van der Waals surface area contributed by atoms with Gasteiger partial charge < -0.3 is 22.5 Å². The van der Waals surface area contributed by atoms with Crippen LogP contribution in [-0.4, -0.2) is 74.2 Å². The molecule has 6 rings (SSSR count). The molecule has 3 aliphatic rings. The summed E-state index contributed by atoms with van der Waals surface area (Å²) in [5.74, 6) is 1.87. The number of aryl methyl sites for hydroxylation is 1. The molecule has 5 heterocycles. The fourth-order valence-corrected chi connectivity index (χ4v) is 8.25. The average Bonchev–Trinajstić information content (AvgIpc) is 3.65. The molecule has 214 valence electrons. The van der Waals surface area contributed by atoms with Gasteiger partial charge in [-0.3, -0.25) is 9.78 Å². The number of piperidine rings is 1. The van der Waals surface area contributed by atoms with Crippen molar-refractivity contribution >= 4 is 27.4 Å². The molecule has 0 N–H and O–H groups in total. The van der Waals surface area contributed by atoms with E-state index in [-0.39, 0.29) is 11.7 Å². The van der Waals surface area contributed by atoms with Gasteiger partial charge in [-0.2, -0.15) is 0 Å². The maximum atomic E-state index is 14.4. The lowest BCUT2D eigenvalue weighted by molar-refractivity contribution is -0.513. The van der Waals surface area contributed by atoms with Crippen molar-refractivity contribution < 1.29 is 17.3 Å². The van der Waals surface area contributed by atoms with E-state index in [2.05, 4.69) is 27.6 Å². The fourth-order valence-electron chi connectivity index (χ4n) is 7.00. The second-order valence-electron chi connectivity index (χ2n) is 12.0. The van der Waals surface area contributed by atoms with Crippen LogP contribution in [-0.2, 0) is 32.6 Å². The van der Waals surface area contributed by atoms with Crippen LogP contribution in [0.2, 0.25) is 0 Å². The van der Waals surface area contributed by atoms with E-state index in [4.69, 9.17) is 0 Å². The second kappa shape index (κ2) is 11.6. The molecule has 1 aromatic carbocycles. The third-order valence-electron chi connectivity index (χ3n) is 9.10. The minimum Gasteiger partial charge on any atom is -0.400 e. The molecule has 3 aliphatic heterocycles. The van der Waals surface area contributed by atoms with Crippen LogP contribution in [0.3, 0.4) is 0 Å². The average molecular weight is 566 g/mol. The number of benzene rings is 1. The zero-order valence-corrected chi connectivity index (χ0v) is 24.5. The Morgan fingerprint density at radius 2 is 1.93 bits per heavy atom. The number of carbonyl (C=O) groups is 1. The van der Waals surface area contributed by atoms with Crippen molar-refractivity contribution in [3.63, 3.8) is 0 Å². The van der Waals surface area contributed by atoms with Gasteiger partial charge in [-0.25, -0.2) is 4.39 Å². The number of fused-ring (bicyclic) bond motifs is 1. The van der Waals surface area contributed by atoms with Gasteiger partial charge in [-0.1, -0.05) is 0 Å². The Balaban J connectivity index is 1.22. The van der Waals surface area contributed by atoms with Gasteiger partial charge in [0.15, 0.2) is 6.54 Å². The van der Waals surface area contributed by atoms with Gasteiger partial charge in [0.25, 0.3) is 0 Å². The lowest BCUT2D eigenvalue weighted by atomic mass is 9.96. The summed E-state index contributed by atoms with van der Waals surface area (Å²) in [7, 11) is -1.00. The normalized spacial score (nSPS) is 21.2. The Labute approximate surface area is 238 Å². The molecular formula is C31H40FN5O2S. The van der Waals surface area contributed by atoms with Crippen LogP contribution < -0.4 is 0 Å². The highest BCUT2D eigenvalue weighted by molar-refractivity contribution is 7.72. The summed E-state index contributed by atoms with van der Waals surface area (Å²) >= 11 is 0. The van der Waals surface area contributed by atoms with Crippen molar-refractivity contribution in [3.05, 3.63) is 59.3 Å². The number of amides is 1. The number of pyridine rings is 1. The monoisotopic (exact) mass is 565 g/mol. The summed E-state index contributed by atoms with van der Waals surface area (Å²) in [4.78, 5) is 20.8. The number of hydrogen-bond acceptors (Lipinski definition) is 5. The first-order valence-corrected chi connectivity index (χ1v) is 16.0. The standard InChI is InChI=1S/C31H40FN5O2S/c1-22-16-33-17-30-31(22)27(14-25-6-10-34(19-25)18-24-7-11-35(12-8-24)23(2)38)21-37(30)29-5-4-28(32)15-26(29)20-36-9-3-13-40(36)39/h4-5,15-17,21,24-25H,3,6-14,18-20H2,1-2H3/t25-/m1/s1. The van der Waals surface area contributed by atoms with Crippen molar-refractivity contribution in [1.82, 2.24) is 19.4 Å². The topological polar surface area (TPSA) is 61.5 Å². The third kappa shape index (κ3) is 5.68. The first-order chi connectivity index (χ1) is 19.4. The number of aromatic nitrogens is 2. The quantitative estimate of drug-likeness (QED) is 0.309. The molecule has 40 heavy (non-hydrogen) atoms. The smallest absolute Gasteiger partial charge is 0.219 e. The van der Waals surface area contributed by atoms with Crippen molar-refractivity contribution in [3.8, 4) is 5.69 Å². The molecule has 0 unspecified atom stereocenters. The predicted molar refractivity (Wildman–Crippen MR) is 155 cm³/mol. The van der Waals surface area contributed by atoms with Crippen molar-refractivity contribution in [2.45, 2.75) is 52.5 Å². The zero-order chi connectivity index (χ0) is 27.8. The molecule has 0 aliphatic carbocycles. The van der Waals surface area contributed by atoms with Crippen LogP contribution in [0.25, 0.3) is 16.6 Å². The van der Waals surface area contributed by atoms with E-state index in [0.29, 0.717) is 24.1 Å². The van der Waals surface area contributed by atoms with Gasteiger partial charge in [0, 0.05) is 56.4 Å². The molecule has 1 atom stereocenters. The number of likely N-dealkylation sites (tertiary alicyclic amines) is 2. The van der Waals surface area contributed by atoms with Gasteiger partial charge >= 0.3 is 0 Å². The summed E-state index contributed by atoms with van der Waals surface area (Å²) in [6.45, 7) is 10.2. The molecule has 7 nitrogen and oxygen atoms in total. The van der Waals surface area contributed by atoms with Crippen LogP contribution in [0.1, 0.15) is 49.3 Å². The molecule has 0 bridgehead atoms. The van der Waals surface area contributed by atoms with E-state index in [1.165, 1.54) is 23.4 Å². The summed E-state index contributed by atoms with van der Waals surface area (Å²) < 4.78 is 31.0. The molecule has 1 amide bonds. The van der Waals surface area contributed by atoms with Crippen molar-refractivity contribution in [1.29, 1.82) is 0 Å². The van der Waals surface area contributed by atoms with E-state index < -0.39 is 10.6 Å². The summed E-state index contributed by atoms with van der Waals surface area (Å²) in [6.07, 6.45) is 11.4. The third-order valence-corrected chi connectivity index (χ3v) is 10.6. The Hall–Kier alpha value is -2.78. The first-order valence-electron chi connectivity index (χ1n) is 14.7. The van der Waals surface area contributed by atoms with Crippen LogP contribution in [0.15, 0.2) is 36.8 Å². The number of hydrogen-bond donors (Lipinski definition) is 0. The summed E-state index contributed by atoms with van der Waals surface area (Å²) in [5, 5.41) is 1.24. The molecule has 2 aromatic heterocycles.